The standard InChI is InChI=1S/C37H39BrF3N5O3/c1-3-44-25-32-33(35(44)47)34(27-13-11-26(24-42)12-14-27)45(36(48)46(32)30-10-7-9-28(23-30)37(39,40)41)21-6-4-5-19-43(2)20-8-22-49-31-17-15-29(38)16-18-31/h7,9-18,23,34H,3-6,8,19-22,25H2,1-2H3/t34-/m1/s1. The lowest BCUT2D eigenvalue weighted by Crippen LogP contribution is -2.50. The molecule has 0 unspecified atom stereocenters. The molecule has 0 saturated carbocycles. The van der Waals surface area contributed by atoms with Gasteiger partial charge in [-0.2, -0.15) is 18.4 Å². The summed E-state index contributed by atoms with van der Waals surface area (Å²) in [7, 11) is 2.06. The molecule has 0 fully saturated rings. The van der Waals surface area contributed by atoms with Crippen LogP contribution >= 0.6 is 15.9 Å². The molecule has 0 spiro atoms. The lowest BCUT2D eigenvalue weighted by atomic mass is 9.92. The third kappa shape index (κ3) is 8.46. The number of nitriles is 1. The number of anilines is 1. The largest absolute Gasteiger partial charge is 0.494 e. The summed E-state index contributed by atoms with van der Waals surface area (Å²) >= 11 is 3.42. The molecular weight excluding hydrogens is 699 g/mol. The van der Waals surface area contributed by atoms with Crippen molar-refractivity contribution < 1.29 is 27.5 Å². The first kappa shape index (κ1) is 36.0. The number of rotatable bonds is 14. The number of hydrogen-bond acceptors (Lipinski definition) is 5. The van der Waals surface area contributed by atoms with E-state index in [0.717, 1.165) is 54.7 Å². The maximum absolute atomic E-state index is 14.4. The fraction of sp³-hybridized carbons (Fsp3) is 0.378. The topological polar surface area (TPSA) is 80.1 Å². The number of carbonyl (C=O) groups is 2. The van der Waals surface area contributed by atoms with E-state index in [9.17, 15) is 28.0 Å². The Labute approximate surface area is 293 Å². The van der Waals surface area contributed by atoms with Gasteiger partial charge in [-0.1, -0.05) is 40.5 Å². The van der Waals surface area contributed by atoms with Crippen LogP contribution in [0.1, 0.15) is 55.3 Å². The fourth-order valence-electron chi connectivity index (χ4n) is 6.27. The Morgan fingerprint density at radius 2 is 1.69 bits per heavy atom. The van der Waals surface area contributed by atoms with Crippen molar-refractivity contribution in [1.29, 1.82) is 5.26 Å². The molecule has 2 aliphatic heterocycles. The molecule has 5 rings (SSSR count). The molecule has 3 amide bonds. The van der Waals surface area contributed by atoms with Crippen LogP contribution in [0.15, 0.2) is 88.5 Å². The van der Waals surface area contributed by atoms with Gasteiger partial charge >= 0.3 is 12.2 Å². The molecule has 1 atom stereocenters. The van der Waals surface area contributed by atoms with Gasteiger partial charge in [-0.3, -0.25) is 9.69 Å². The zero-order valence-electron chi connectivity index (χ0n) is 27.5. The lowest BCUT2D eigenvalue weighted by Gasteiger charge is -2.42. The molecule has 3 aromatic carbocycles. The van der Waals surface area contributed by atoms with Crippen molar-refractivity contribution in [1.82, 2.24) is 14.7 Å². The predicted molar refractivity (Wildman–Crippen MR) is 185 cm³/mol. The number of unbranched alkanes of at least 4 members (excludes halogenated alkanes) is 2. The van der Waals surface area contributed by atoms with Crippen molar-refractivity contribution in [3.63, 3.8) is 0 Å². The highest BCUT2D eigenvalue weighted by Crippen LogP contribution is 2.44. The van der Waals surface area contributed by atoms with Crippen molar-refractivity contribution in [3.05, 3.63) is 105 Å². The van der Waals surface area contributed by atoms with E-state index in [1.165, 1.54) is 17.0 Å². The van der Waals surface area contributed by atoms with Crippen LogP contribution in [0.2, 0.25) is 0 Å². The van der Waals surface area contributed by atoms with Gasteiger partial charge in [0.2, 0.25) is 0 Å². The number of alkyl halides is 3. The van der Waals surface area contributed by atoms with Crippen LogP contribution in [-0.4, -0.2) is 73.0 Å². The van der Waals surface area contributed by atoms with E-state index in [0.29, 0.717) is 48.5 Å². The van der Waals surface area contributed by atoms with Crippen LogP contribution in [0.3, 0.4) is 0 Å². The van der Waals surface area contributed by atoms with Gasteiger partial charge in [0.1, 0.15) is 5.75 Å². The van der Waals surface area contributed by atoms with Crippen LogP contribution < -0.4 is 9.64 Å². The Morgan fingerprint density at radius 1 is 0.980 bits per heavy atom. The van der Waals surface area contributed by atoms with Crippen LogP contribution in [0.25, 0.3) is 0 Å². The van der Waals surface area contributed by atoms with Crippen LogP contribution in [0, 0.1) is 11.3 Å². The summed E-state index contributed by atoms with van der Waals surface area (Å²) in [6.45, 7) is 4.91. The minimum atomic E-state index is -4.60. The number of carbonyl (C=O) groups excluding carboxylic acids is 2. The van der Waals surface area contributed by atoms with Crippen LogP contribution in [0.5, 0.6) is 5.75 Å². The normalized spacial score (nSPS) is 16.4. The van der Waals surface area contributed by atoms with E-state index >= 15 is 0 Å². The Balaban J connectivity index is 1.31. The number of halogens is 4. The number of ether oxygens (including phenoxy) is 1. The molecule has 3 aromatic rings. The summed E-state index contributed by atoms with van der Waals surface area (Å²) in [4.78, 5) is 35.0. The molecule has 2 aliphatic rings. The third-order valence-corrected chi connectivity index (χ3v) is 9.36. The van der Waals surface area contributed by atoms with Gasteiger partial charge in [0.25, 0.3) is 5.91 Å². The molecule has 0 aliphatic carbocycles. The number of nitrogens with zero attached hydrogens (tertiary/aromatic N) is 5. The van der Waals surface area contributed by atoms with Crippen LogP contribution in [-0.2, 0) is 11.0 Å². The number of benzene rings is 3. The van der Waals surface area contributed by atoms with Crippen molar-refractivity contribution in [2.75, 3.05) is 51.3 Å². The van der Waals surface area contributed by atoms with E-state index in [4.69, 9.17) is 4.74 Å². The fourth-order valence-corrected chi connectivity index (χ4v) is 6.53. The molecule has 0 saturated heterocycles. The van der Waals surface area contributed by atoms with Gasteiger partial charge in [0, 0.05) is 24.1 Å². The maximum Gasteiger partial charge on any atom is 0.416 e. The van der Waals surface area contributed by atoms with Gasteiger partial charge in [-0.25, -0.2) is 4.79 Å². The Kier molecular flexibility index (Phi) is 11.7. The molecule has 8 nitrogen and oxygen atoms in total. The highest BCUT2D eigenvalue weighted by Gasteiger charge is 2.48. The summed E-state index contributed by atoms with van der Waals surface area (Å²) in [5.74, 6) is 0.570. The first-order valence-electron chi connectivity index (χ1n) is 16.4. The van der Waals surface area contributed by atoms with E-state index in [-0.39, 0.29) is 18.1 Å². The average Bonchev–Trinajstić information content (AvgIpc) is 3.42. The summed E-state index contributed by atoms with van der Waals surface area (Å²) in [6.07, 6.45) is -1.43. The van der Waals surface area contributed by atoms with Gasteiger partial charge in [0.05, 0.1) is 53.3 Å². The van der Waals surface area contributed by atoms with Crippen molar-refractivity contribution in [2.45, 2.75) is 44.8 Å². The van der Waals surface area contributed by atoms with E-state index in [2.05, 4.69) is 33.9 Å². The summed E-state index contributed by atoms with van der Waals surface area (Å²) in [5, 5.41) is 9.37. The molecule has 0 radical (unpaired) electrons. The summed E-state index contributed by atoms with van der Waals surface area (Å²) in [5.41, 5.74) is 1.05. The number of hydrogen-bond donors (Lipinski definition) is 0. The van der Waals surface area contributed by atoms with Crippen molar-refractivity contribution >= 4 is 33.6 Å². The molecule has 2 heterocycles. The second kappa shape index (κ2) is 15.9. The molecule has 49 heavy (non-hydrogen) atoms. The third-order valence-electron chi connectivity index (χ3n) is 8.84. The average molecular weight is 739 g/mol. The highest BCUT2D eigenvalue weighted by molar-refractivity contribution is 9.10. The smallest absolute Gasteiger partial charge is 0.416 e. The van der Waals surface area contributed by atoms with Gasteiger partial charge in [-0.15, -0.1) is 0 Å². The number of urea groups is 1. The highest BCUT2D eigenvalue weighted by atomic mass is 79.9. The van der Waals surface area contributed by atoms with Crippen molar-refractivity contribution in [2.24, 2.45) is 0 Å². The number of amides is 3. The van der Waals surface area contributed by atoms with E-state index in [1.54, 1.807) is 34.1 Å². The van der Waals surface area contributed by atoms with E-state index < -0.39 is 23.8 Å². The van der Waals surface area contributed by atoms with E-state index in [1.807, 2.05) is 31.2 Å². The first-order chi connectivity index (χ1) is 23.5. The Hall–Kier alpha value is -4.34. The second-order valence-electron chi connectivity index (χ2n) is 12.2. The molecule has 0 N–H and O–H groups in total. The predicted octanol–water partition coefficient (Wildman–Crippen LogP) is 8.01. The van der Waals surface area contributed by atoms with Crippen molar-refractivity contribution in [3.8, 4) is 11.8 Å². The molecule has 12 heteroatoms. The van der Waals surface area contributed by atoms with Gasteiger partial charge in [-0.05, 0) is 99.9 Å². The second-order valence-corrected chi connectivity index (χ2v) is 13.1. The lowest BCUT2D eigenvalue weighted by molar-refractivity contribution is -0.137. The Morgan fingerprint density at radius 3 is 2.37 bits per heavy atom. The van der Waals surface area contributed by atoms with Gasteiger partial charge < -0.3 is 19.4 Å². The maximum atomic E-state index is 14.4. The molecular formula is C37H39BrF3N5O3. The summed E-state index contributed by atoms with van der Waals surface area (Å²) < 4.78 is 48.0. The summed E-state index contributed by atoms with van der Waals surface area (Å²) in [6, 6.07) is 20.0. The zero-order chi connectivity index (χ0) is 35.1. The molecule has 0 aromatic heterocycles. The SMILES string of the molecule is CCN1CC2=C(C1=O)[C@@H](c1ccc(C#N)cc1)N(CCCCCN(C)CCCOc1ccc(Br)cc1)C(=O)N2c1cccc(C(F)(F)F)c1. The zero-order valence-corrected chi connectivity index (χ0v) is 29.1. The monoisotopic (exact) mass is 737 g/mol. The number of likely N-dealkylation sites (N-methyl/N-ethyl adjacent to an activating group) is 1. The quantitative estimate of drug-likeness (QED) is 0.157. The minimum Gasteiger partial charge on any atom is -0.494 e. The van der Waals surface area contributed by atoms with Gasteiger partial charge in [0.15, 0.2) is 0 Å². The molecule has 0 bridgehead atoms. The van der Waals surface area contributed by atoms with Crippen LogP contribution in [0.4, 0.5) is 23.7 Å². The Bertz CT molecular complexity index is 1710. The minimum absolute atomic E-state index is 0.0621. The first-order valence-corrected chi connectivity index (χ1v) is 17.2. The molecule has 258 valence electrons.